The van der Waals surface area contributed by atoms with Crippen molar-refractivity contribution in [2.24, 2.45) is 0 Å². The molecule has 0 fully saturated rings. The van der Waals surface area contributed by atoms with Gasteiger partial charge in [0.2, 0.25) is 0 Å². The van der Waals surface area contributed by atoms with Crippen molar-refractivity contribution >= 4 is 40.4 Å². The summed E-state index contributed by atoms with van der Waals surface area (Å²) < 4.78 is 54.6. The lowest BCUT2D eigenvalue weighted by molar-refractivity contribution is -0.142. The Labute approximate surface area is 182 Å². The summed E-state index contributed by atoms with van der Waals surface area (Å²) in [4.78, 5) is 16.7. The van der Waals surface area contributed by atoms with Crippen LogP contribution in [0.3, 0.4) is 0 Å². The number of alkyl halides is 3. The van der Waals surface area contributed by atoms with Crippen LogP contribution in [-0.2, 0) is 6.18 Å². The fourth-order valence-electron chi connectivity index (χ4n) is 2.83. The molecule has 1 amide bonds. The molecule has 2 aromatic carbocycles. The van der Waals surface area contributed by atoms with E-state index < -0.39 is 23.6 Å². The summed E-state index contributed by atoms with van der Waals surface area (Å²) >= 11 is 11.8. The van der Waals surface area contributed by atoms with Crippen LogP contribution in [0.25, 0.3) is 16.9 Å². The van der Waals surface area contributed by atoms with Crippen molar-refractivity contribution in [2.75, 3.05) is 5.32 Å². The van der Waals surface area contributed by atoms with E-state index in [0.29, 0.717) is 9.54 Å². The summed E-state index contributed by atoms with van der Waals surface area (Å²) in [5.74, 6) is -1.32. The SMILES string of the molecule is O=C(Nc1ccc(Cl)cc1Cl)c1cc2nc(-c3ccc(F)cc3)cc(C(F)(F)F)n2n1. The Morgan fingerprint density at radius 3 is 2.35 bits per heavy atom. The zero-order valence-corrected chi connectivity index (χ0v) is 16.7. The number of anilines is 1. The second-order valence-corrected chi connectivity index (χ2v) is 7.25. The van der Waals surface area contributed by atoms with E-state index in [0.717, 1.165) is 24.3 Å². The number of carbonyl (C=O) groups is 1. The Bertz CT molecular complexity index is 1300. The highest BCUT2D eigenvalue weighted by Crippen LogP contribution is 2.32. The van der Waals surface area contributed by atoms with Crippen LogP contribution < -0.4 is 5.32 Å². The first-order chi connectivity index (χ1) is 14.6. The van der Waals surface area contributed by atoms with E-state index >= 15 is 0 Å². The number of hydrogen-bond donors (Lipinski definition) is 1. The van der Waals surface area contributed by atoms with Gasteiger partial charge >= 0.3 is 6.18 Å². The number of fused-ring (bicyclic) bond motifs is 1. The molecule has 2 aromatic heterocycles. The molecule has 0 saturated heterocycles. The van der Waals surface area contributed by atoms with Gasteiger partial charge in [0.05, 0.1) is 16.4 Å². The van der Waals surface area contributed by atoms with Gasteiger partial charge in [-0.1, -0.05) is 23.2 Å². The van der Waals surface area contributed by atoms with Gasteiger partial charge in [0.15, 0.2) is 17.0 Å². The van der Waals surface area contributed by atoms with Gasteiger partial charge in [0.1, 0.15) is 5.82 Å². The van der Waals surface area contributed by atoms with Gasteiger partial charge in [-0.25, -0.2) is 13.9 Å². The molecule has 0 spiro atoms. The predicted molar refractivity (Wildman–Crippen MR) is 108 cm³/mol. The first kappa shape index (κ1) is 21.1. The normalized spacial score (nSPS) is 11.7. The second-order valence-electron chi connectivity index (χ2n) is 6.41. The number of hydrogen-bond acceptors (Lipinski definition) is 3. The lowest BCUT2D eigenvalue weighted by Gasteiger charge is -2.11. The monoisotopic (exact) mass is 468 g/mol. The predicted octanol–water partition coefficient (Wildman–Crippen LogP) is 6.11. The summed E-state index contributed by atoms with van der Waals surface area (Å²) in [6.07, 6.45) is -4.78. The van der Waals surface area contributed by atoms with Crippen LogP contribution in [0, 0.1) is 5.82 Å². The lowest BCUT2D eigenvalue weighted by Crippen LogP contribution is -2.16. The Balaban J connectivity index is 1.78. The molecule has 5 nitrogen and oxygen atoms in total. The van der Waals surface area contributed by atoms with E-state index in [4.69, 9.17) is 23.2 Å². The fraction of sp³-hybridized carbons (Fsp3) is 0.0500. The number of benzene rings is 2. The number of halogens is 6. The van der Waals surface area contributed by atoms with Crippen LogP contribution in [0.1, 0.15) is 16.2 Å². The molecule has 11 heteroatoms. The first-order valence-electron chi connectivity index (χ1n) is 8.62. The molecule has 0 aliphatic carbocycles. The van der Waals surface area contributed by atoms with Crippen LogP contribution in [0.2, 0.25) is 10.0 Å². The standard InChI is InChI=1S/C20H10Cl2F4N4O/c21-11-3-6-14(13(22)7-11)28-19(31)16-9-18-27-15(10-1-4-12(23)5-2-10)8-17(20(24,25)26)30(18)29-16/h1-9H,(H,28,31). The smallest absolute Gasteiger partial charge is 0.319 e. The van der Waals surface area contributed by atoms with E-state index in [-0.39, 0.29) is 33.3 Å². The largest absolute Gasteiger partial charge is 0.433 e. The minimum Gasteiger partial charge on any atom is -0.319 e. The van der Waals surface area contributed by atoms with E-state index in [1.165, 1.54) is 30.3 Å². The third-order valence-corrected chi connectivity index (χ3v) is 4.82. The number of amides is 1. The number of rotatable bonds is 3. The highest BCUT2D eigenvalue weighted by Gasteiger charge is 2.35. The van der Waals surface area contributed by atoms with Gasteiger partial charge in [-0.3, -0.25) is 4.79 Å². The molecule has 4 rings (SSSR count). The van der Waals surface area contributed by atoms with Crippen LogP contribution >= 0.6 is 23.2 Å². The average molecular weight is 469 g/mol. The number of aromatic nitrogens is 3. The van der Waals surface area contributed by atoms with Gasteiger partial charge in [0.25, 0.3) is 5.91 Å². The van der Waals surface area contributed by atoms with Gasteiger partial charge < -0.3 is 5.32 Å². The van der Waals surface area contributed by atoms with Crippen molar-refractivity contribution in [1.29, 1.82) is 0 Å². The van der Waals surface area contributed by atoms with Gasteiger partial charge in [-0.2, -0.15) is 18.3 Å². The van der Waals surface area contributed by atoms with Crippen molar-refractivity contribution in [3.63, 3.8) is 0 Å². The van der Waals surface area contributed by atoms with Crippen molar-refractivity contribution < 1.29 is 22.4 Å². The summed E-state index contributed by atoms with van der Waals surface area (Å²) in [5.41, 5.74) is -1.21. The number of nitrogens with zero attached hydrogens (tertiary/aromatic N) is 3. The third-order valence-electron chi connectivity index (χ3n) is 4.27. The minimum absolute atomic E-state index is 0.0487. The van der Waals surface area contributed by atoms with E-state index in [9.17, 15) is 22.4 Å². The molecule has 158 valence electrons. The van der Waals surface area contributed by atoms with E-state index in [1.807, 2.05) is 0 Å². The topological polar surface area (TPSA) is 59.3 Å². The highest BCUT2D eigenvalue weighted by molar-refractivity contribution is 6.36. The minimum atomic E-state index is -4.78. The molecule has 2 heterocycles. The molecule has 0 aliphatic heterocycles. The summed E-state index contributed by atoms with van der Waals surface area (Å²) in [7, 11) is 0. The van der Waals surface area contributed by atoms with Crippen molar-refractivity contribution in [3.8, 4) is 11.3 Å². The van der Waals surface area contributed by atoms with Crippen molar-refractivity contribution in [2.45, 2.75) is 6.18 Å². The molecule has 0 atom stereocenters. The fourth-order valence-corrected chi connectivity index (χ4v) is 3.29. The molecule has 4 aromatic rings. The maximum absolute atomic E-state index is 13.6. The Hall–Kier alpha value is -3.17. The highest BCUT2D eigenvalue weighted by atomic mass is 35.5. The average Bonchev–Trinajstić information content (AvgIpc) is 3.13. The van der Waals surface area contributed by atoms with Crippen LogP contribution in [0.5, 0.6) is 0 Å². The van der Waals surface area contributed by atoms with E-state index in [1.54, 1.807) is 0 Å². The maximum Gasteiger partial charge on any atom is 0.433 e. The zero-order valence-electron chi connectivity index (χ0n) is 15.2. The molecule has 0 aliphatic rings. The molecule has 1 N–H and O–H groups in total. The Morgan fingerprint density at radius 2 is 1.71 bits per heavy atom. The summed E-state index contributed by atoms with van der Waals surface area (Å²) in [6, 6.07) is 11.1. The van der Waals surface area contributed by atoms with Gasteiger partial charge in [0, 0.05) is 16.7 Å². The van der Waals surface area contributed by atoms with Gasteiger partial charge in [-0.05, 0) is 48.5 Å². The summed E-state index contributed by atoms with van der Waals surface area (Å²) in [6.45, 7) is 0. The zero-order chi connectivity index (χ0) is 22.3. The molecule has 31 heavy (non-hydrogen) atoms. The quantitative estimate of drug-likeness (QED) is 0.368. The molecular weight excluding hydrogens is 459 g/mol. The third kappa shape index (κ3) is 4.33. The lowest BCUT2D eigenvalue weighted by atomic mass is 10.1. The van der Waals surface area contributed by atoms with E-state index in [2.05, 4.69) is 15.4 Å². The number of nitrogens with one attached hydrogen (secondary N) is 1. The molecular formula is C20H10Cl2F4N4O. The van der Waals surface area contributed by atoms with Crippen LogP contribution in [0.4, 0.5) is 23.2 Å². The first-order valence-corrected chi connectivity index (χ1v) is 9.38. The molecule has 0 unspecified atom stereocenters. The molecule has 0 bridgehead atoms. The summed E-state index contributed by atoms with van der Waals surface area (Å²) in [5, 5.41) is 6.73. The molecule has 0 saturated carbocycles. The second kappa shape index (κ2) is 7.82. The van der Waals surface area contributed by atoms with Crippen molar-refractivity contribution in [3.05, 3.63) is 81.8 Å². The Morgan fingerprint density at radius 1 is 1.00 bits per heavy atom. The van der Waals surface area contributed by atoms with Crippen LogP contribution in [-0.4, -0.2) is 20.5 Å². The molecule has 0 radical (unpaired) electrons. The maximum atomic E-state index is 13.6. The number of carbonyl (C=O) groups excluding carboxylic acids is 1. The Kier molecular flexibility index (Phi) is 5.32. The van der Waals surface area contributed by atoms with Crippen LogP contribution in [0.15, 0.2) is 54.6 Å². The van der Waals surface area contributed by atoms with Gasteiger partial charge in [-0.15, -0.1) is 0 Å². The van der Waals surface area contributed by atoms with Crippen molar-refractivity contribution in [1.82, 2.24) is 14.6 Å².